The zero-order chi connectivity index (χ0) is 16.2. The number of rotatable bonds is 7. The van der Waals surface area contributed by atoms with Gasteiger partial charge < -0.3 is 19.5 Å². The third kappa shape index (κ3) is 4.38. The van der Waals surface area contributed by atoms with Gasteiger partial charge in [-0.25, -0.2) is 0 Å². The van der Waals surface area contributed by atoms with E-state index in [2.05, 4.69) is 26.1 Å². The van der Waals surface area contributed by atoms with Crippen LogP contribution in [0.5, 0.6) is 11.5 Å². The van der Waals surface area contributed by atoms with E-state index in [9.17, 15) is 0 Å². The Kier molecular flexibility index (Phi) is 5.80. The van der Waals surface area contributed by atoms with Gasteiger partial charge in [0, 0.05) is 36.7 Å². The molecule has 1 heterocycles. The number of halogens is 1. The van der Waals surface area contributed by atoms with Gasteiger partial charge in [-0.3, -0.25) is 4.90 Å². The van der Waals surface area contributed by atoms with Crippen molar-refractivity contribution < 1.29 is 14.2 Å². The van der Waals surface area contributed by atoms with Crippen molar-refractivity contribution in [3.63, 3.8) is 0 Å². The van der Waals surface area contributed by atoms with Gasteiger partial charge in [0.15, 0.2) is 11.5 Å². The van der Waals surface area contributed by atoms with Crippen LogP contribution in [0, 0.1) is 0 Å². The Bertz CT molecular complexity index is 537. The van der Waals surface area contributed by atoms with Crippen molar-refractivity contribution in [2.24, 2.45) is 0 Å². The van der Waals surface area contributed by atoms with E-state index in [0.29, 0.717) is 0 Å². The number of hydrogen-bond acceptors (Lipinski definition) is 5. The molecule has 0 aromatic heterocycles. The highest BCUT2D eigenvalue weighted by atomic mass is 79.9. The van der Waals surface area contributed by atoms with E-state index in [0.717, 1.165) is 60.4 Å². The van der Waals surface area contributed by atoms with Crippen LogP contribution in [0.4, 0.5) is 0 Å². The number of methoxy groups -OCH3 is 2. The van der Waals surface area contributed by atoms with E-state index in [4.69, 9.17) is 14.2 Å². The molecule has 5 nitrogen and oxygen atoms in total. The fraction of sp³-hybridized carbons (Fsp3) is 0.647. The quantitative estimate of drug-likeness (QED) is 0.781. The van der Waals surface area contributed by atoms with E-state index in [1.54, 1.807) is 14.2 Å². The third-order valence-corrected chi connectivity index (χ3v) is 5.21. The maximum Gasteiger partial charge on any atom is 0.161 e. The molecule has 0 bridgehead atoms. The number of hydrogen-bond donors (Lipinski definition) is 1. The van der Waals surface area contributed by atoms with Gasteiger partial charge in [-0.15, -0.1) is 0 Å². The van der Waals surface area contributed by atoms with Crippen molar-refractivity contribution in [3.8, 4) is 11.5 Å². The second-order valence-electron chi connectivity index (χ2n) is 6.15. The lowest BCUT2D eigenvalue weighted by atomic mass is 10.2. The smallest absolute Gasteiger partial charge is 0.161 e. The molecule has 1 saturated carbocycles. The molecular formula is C17H25BrN2O3. The molecule has 1 saturated heterocycles. The first kappa shape index (κ1) is 17.0. The SMILES string of the molecule is COc1cc(Br)c(CNC[C@H]2CN(C3CC3)CCO2)cc1OC. The first-order chi connectivity index (χ1) is 11.2. The summed E-state index contributed by atoms with van der Waals surface area (Å²) in [7, 11) is 3.31. The number of benzene rings is 1. The van der Waals surface area contributed by atoms with Gasteiger partial charge in [0.1, 0.15) is 0 Å². The van der Waals surface area contributed by atoms with Crippen LogP contribution >= 0.6 is 15.9 Å². The second kappa shape index (κ2) is 7.83. The Morgan fingerprint density at radius 1 is 1.26 bits per heavy atom. The summed E-state index contributed by atoms with van der Waals surface area (Å²) in [6.07, 6.45) is 3.00. The van der Waals surface area contributed by atoms with E-state index in [1.165, 1.54) is 12.8 Å². The normalized spacial score (nSPS) is 22.1. The topological polar surface area (TPSA) is 43.0 Å². The van der Waals surface area contributed by atoms with Gasteiger partial charge in [-0.05, 0) is 30.5 Å². The van der Waals surface area contributed by atoms with Crippen LogP contribution in [-0.4, -0.2) is 57.5 Å². The number of nitrogens with one attached hydrogen (secondary N) is 1. The van der Waals surface area contributed by atoms with E-state index in [1.807, 2.05) is 12.1 Å². The standard InChI is InChI=1S/C17H25BrN2O3/c1-21-16-7-12(15(18)8-17(16)22-2)9-19-10-14-11-20(5-6-23-14)13-3-4-13/h7-8,13-14,19H,3-6,9-11H2,1-2H3/t14-/m0/s1. The highest BCUT2D eigenvalue weighted by molar-refractivity contribution is 9.10. The summed E-state index contributed by atoms with van der Waals surface area (Å²) in [4.78, 5) is 2.57. The fourth-order valence-electron chi connectivity index (χ4n) is 3.04. The molecule has 0 spiro atoms. The van der Waals surface area contributed by atoms with Crippen LogP contribution in [0.15, 0.2) is 16.6 Å². The summed E-state index contributed by atoms with van der Waals surface area (Å²) in [6.45, 7) is 4.62. The summed E-state index contributed by atoms with van der Waals surface area (Å²) in [5.74, 6) is 1.49. The lowest BCUT2D eigenvalue weighted by Crippen LogP contribution is -2.47. The predicted molar refractivity (Wildman–Crippen MR) is 93.3 cm³/mol. The van der Waals surface area contributed by atoms with Crippen LogP contribution in [-0.2, 0) is 11.3 Å². The van der Waals surface area contributed by atoms with Crippen molar-refractivity contribution in [1.29, 1.82) is 0 Å². The second-order valence-corrected chi connectivity index (χ2v) is 7.00. The van der Waals surface area contributed by atoms with Crippen molar-refractivity contribution in [3.05, 3.63) is 22.2 Å². The molecule has 3 rings (SSSR count). The molecule has 128 valence electrons. The molecule has 1 aliphatic carbocycles. The minimum absolute atomic E-state index is 0.281. The minimum atomic E-state index is 0.281. The number of nitrogens with zero attached hydrogens (tertiary/aromatic N) is 1. The summed E-state index contributed by atoms with van der Waals surface area (Å²) in [5.41, 5.74) is 1.15. The maximum absolute atomic E-state index is 5.88. The maximum atomic E-state index is 5.88. The van der Waals surface area contributed by atoms with Crippen LogP contribution in [0.3, 0.4) is 0 Å². The third-order valence-electron chi connectivity index (χ3n) is 4.47. The van der Waals surface area contributed by atoms with Gasteiger partial charge >= 0.3 is 0 Å². The van der Waals surface area contributed by atoms with Crippen molar-refractivity contribution >= 4 is 15.9 Å². The Morgan fingerprint density at radius 2 is 2.00 bits per heavy atom. The number of morpholine rings is 1. The first-order valence-electron chi connectivity index (χ1n) is 8.18. The lowest BCUT2D eigenvalue weighted by Gasteiger charge is -2.33. The monoisotopic (exact) mass is 384 g/mol. The van der Waals surface area contributed by atoms with E-state index in [-0.39, 0.29) is 6.10 Å². The summed E-state index contributed by atoms with van der Waals surface area (Å²) in [6, 6.07) is 4.78. The summed E-state index contributed by atoms with van der Waals surface area (Å²) < 4.78 is 17.6. The Morgan fingerprint density at radius 3 is 2.70 bits per heavy atom. The van der Waals surface area contributed by atoms with Crippen LogP contribution in [0.25, 0.3) is 0 Å². The molecule has 1 aromatic carbocycles. The zero-order valence-corrected chi connectivity index (χ0v) is 15.4. The molecular weight excluding hydrogens is 360 g/mol. The molecule has 6 heteroatoms. The number of ether oxygens (including phenoxy) is 3. The summed E-state index contributed by atoms with van der Waals surface area (Å²) in [5, 5.41) is 3.50. The van der Waals surface area contributed by atoms with E-state index < -0.39 is 0 Å². The molecule has 0 radical (unpaired) electrons. The Hall–Kier alpha value is -0.820. The highest BCUT2D eigenvalue weighted by Crippen LogP contribution is 2.33. The van der Waals surface area contributed by atoms with Crippen molar-refractivity contribution in [2.45, 2.75) is 31.5 Å². The van der Waals surface area contributed by atoms with Crippen molar-refractivity contribution in [1.82, 2.24) is 10.2 Å². The van der Waals surface area contributed by atoms with Gasteiger partial charge in [-0.1, -0.05) is 15.9 Å². The molecule has 0 amide bonds. The van der Waals surface area contributed by atoms with Gasteiger partial charge in [0.05, 0.1) is 26.9 Å². The van der Waals surface area contributed by atoms with Gasteiger partial charge in [0.2, 0.25) is 0 Å². The van der Waals surface area contributed by atoms with Crippen LogP contribution < -0.4 is 14.8 Å². The highest BCUT2D eigenvalue weighted by Gasteiger charge is 2.32. The largest absolute Gasteiger partial charge is 0.493 e. The fourth-order valence-corrected chi connectivity index (χ4v) is 3.50. The van der Waals surface area contributed by atoms with Crippen molar-refractivity contribution in [2.75, 3.05) is 40.5 Å². The van der Waals surface area contributed by atoms with Crippen LogP contribution in [0.1, 0.15) is 18.4 Å². The molecule has 1 atom stereocenters. The molecule has 1 N–H and O–H groups in total. The Balaban J connectivity index is 1.51. The van der Waals surface area contributed by atoms with Gasteiger partial charge in [-0.2, -0.15) is 0 Å². The van der Waals surface area contributed by atoms with E-state index >= 15 is 0 Å². The molecule has 1 aromatic rings. The van der Waals surface area contributed by atoms with Gasteiger partial charge in [0.25, 0.3) is 0 Å². The average molecular weight is 385 g/mol. The predicted octanol–water partition coefficient (Wildman–Crippen LogP) is 2.42. The summed E-state index contributed by atoms with van der Waals surface area (Å²) >= 11 is 3.60. The van der Waals surface area contributed by atoms with Crippen LogP contribution in [0.2, 0.25) is 0 Å². The molecule has 1 aliphatic heterocycles. The molecule has 2 aliphatic rings. The molecule has 2 fully saturated rings. The molecule has 23 heavy (non-hydrogen) atoms. The zero-order valence-electron chi connectivity index (χ0n) is 13.8. The molecule has 0 unspecified atom stereocenters. The lowest BCUT2D eigenvalue weighted by molar-refractivity contribution is -0.0301. The first-order valence-corrected chi connectivity index (χ1v) is 8.97. The average Bonchev–Trinajstić information content (AvgIpc) is 3.41. The minimum Gasteiger partial charge on any atom is -0.493 e. The Labute approximate surface area is 146 Å².